The van der Waals surface area contributed by atoms with E-state index in [0.29, 0.717) is 53.7 Å². The summed E-state index contributed by atoms with van der Waals surface area (Å²) in [5, 5.41) is 2.81. The van der Waals surface area contributed by atoms with E-state index in [2.05, 4.69) is 15.3 Å². The number of rotatable bonds is 6. The molecule has 1 N–H and O–H groups in total. The molecule has 0 saturated carbocycles. The lowest BCUT2D eigenvalue weighted by molar-refractivity contribution is -0.116. The van der Waals surface area contributed by atoms with Crippen molar-refractivity contribution in [1.29, 1.82) is 0 Å². The van der Waals surface area contributed by atoms with E-state index in [1.54, 1.807) is 31.5 Å². The van der Waals surface area contributed by atoms with Crippen LogP contribution in [0, 0.1) is 0 Å². The number of nitrogens with zero attached hydrogens (tertiary/aromatic N) is 3. The molecular weight excluding hydrogens is 408 g/mol. The topological polar surface area (TPSA) is 93.6 Å². The van der Waals surface area contributed by atoms with E-state index in [1.165, 1.54) is 12.0 Å². The number of amides is 2. The van der Waals surface area contributed by atoms with E-state index in [9.17, 15) is 9.59 Å². The fraction of sp³-hybridized carbons (Fsp3) is 0.250. The van der Waals surface area contributed by atoms with Crippen molar-refractivity contribution in [2.75, 3.05) is 32.6 Å². The largest absolute Gasteiger partial charge is 0.497 e. The summed E-state index contributed by atoms with van der Waals surface area (Å²) in [5.41, 5.74) is 2.56. The Bertz CT molecular complexity index is 1130. The van der Waals surface area contributed by atoms with Crippen LogP contribution in [0.1, 0.15) is 22.5 Å². The first-order valence-corrected chi connectivity index (χ1v) is 10.3. The quantitative estimate of drug-likeness (QED) is 0.643. The predicted octanol–water partition coefficient (Wildman–Crippen LogP) is 3.19. The van der Waals surface area contributed by atoms with Crippen molar-refractivity contribution >= 4 is 17.5 Å². The van der Waals surface area contributed by atoms with Crippen molar-refractivity contribution in [2.24, 2.45) is 0 Å². The number of hydrogen-bond donors (Lipinski definition) is 1. The van der Waals surface area contributed by atoms with Gasteiger partial charge in [0, 0.05) is 24.4 Å². The molecule has 8 heteroatoms. The maximum absolute atomic E-state index is 13.1. The minimum absolute atomic E-state index is 0.0755. The number of aromatic nitrogens is 2. The molecule has 2 aromatic carbocycles. The van der Waals surface area contributed by atoms with Crippen LogP contribution < -0.4 is 14.8 Å². The number of fused-ring (bicyclic) bond motifs is 1. The van der Waals surface area contributed by atoms with Crippen LogP contribution >= 0.6 is 0 Å². The Labute approximate surface area is 186 Å². The summed E-state index contributed by atoms with van der Waals surface area (Å²) in [6.45, 7) is 0.386. The van der Waals surface area contributed by atoms with Gasteiger partial charge in [-0.3, -0.25) is 9.59 Å². The Morgan fingerprint density at radius 2 is 1.94 bits per heavy atom. The van der Waals surface area contributed by atoms with E-state index in [1.807, 2.05) is 30.3 Å². The number of carbonyl (C=O) groups is 2. The lowest BCUT2D eigenvalue weighted by atomic mass is 10.1. The van der Waals surface area contributed by atoms with Crippen LogP contribution in [0.4, 0.5) is 5.69 Å². The molecular formula is C24H24N4O4. The molecule has 32 heavy (non-hydrogen) atoms. The molecule has 0 spiro atoms. The minimum atomic E-state index is -0.313. The molecule has 0 atom stereocenters. The zero-order valence-corrected chi connectivity index (χ0v) is 18.0. The summed E-state index contributed by atoms with van der Waals surface area (Å²) < 4.78 is 10.5. The fourth-order valence-electron chi connectivity index (χ4n) is 3.64. The molecule has 164 valence electrons. The zero-order chi connectivity index (χ0) is 22.5. The summed E-state index contributed by atoms with van der Waals surface area (Å²) in [6, 6.07) is 14.8. The molecule has 0 radical (unpaired) electrons. The van der Waals surface area contributed by atoms with E-state index in [4.69, 9.17) is 9.47 Å². The smallest absolute Gasteiger partial charge is 0.257 e. The Balaban J connectivity index is 1.49. The van der Waals surface area contributed by atoms with E-state index >= 15 is 0 Å². The zero-order valence-electron chi connectivity index (χ0n) is 18.0. The number of benzene rings is 2. The van der Waals surface area contributed by atoms with E-state index in [0.717, 1.165) is 5.56 Å². The van der Waals surface area contributed by atoms with Crippen molar-refractivity contribution in [3.8, 4) is 22.9 Å². The maximum atomic E-state index is 13.1. The molecule has 0 unspecified atom stereocenters. The summed E-state index contributed by atoms with van der Waals surface area (Å²) >= 11 is 0. The van der Waals surface area contributed by atoms with Crippen LogP contribution in [-0.4, -0.2) is 54.0 Å². The number of ether oxygens (including phenoxy) is 2. The fourth-order valence-corrected chi connectivity index (χ4v) is 3.64. The summed E-state index contributed by atoms with van der Waals surface area (Å²) in [6.07, 6.45) is 2.92. The van der Waals surface area contributed by atoms with Crippen molar-refractivity contribution in [3.05, 3.63) is 66.0 Å². The number of aryl methyl sites for hydroxylation is 1. The summed E-state index contributed by atoms with van der Waals surface area (Å²) in [4.78, 5) is 36.3. The first kappa shape index (κ1) is 21.3. The van der Waals surface area contributed by atoms with E-state index < -0.39 is 0 Å². The van der Waals surface area contributed by atoms with Gasteiger partial charge in [-0.1, -0.05) is 30.3 Å². The number of nitrogens with one attached hydrogen (secondary N) is 1. The van der Waals surface area contributed by atoms with Crippen molar-refractivity contribution in [2.45, 2.75) is 12.8 Å². The number of hydrogen-bond acceptors (Lipinski definition) is 6. The second kappa shape index (κ2) is 9.47. The van der Waals surface area contributed by atoms with E-state index in [-0.39, 0.29) is 18.4 Å². The third-order valence-corrected chi connectivity index (χ3v) is 5.28. The number of anilines is 1. The lowest BCUT2D eigenvalue weighted by Crippen LogP contribution is -2.38. The second-order valence-electron chi connectivity index (χ2n) is 7.36. The molecule has 0 saturated heterocycles. The highest BCUT2D eigenvalue weighted by molar-refractivity contribution is 6.00. The summed E-state index contributed by atoms with van der Waals surface area (Å²) in [7, 11) is 3.08. The average Bonchev–Trinajstić information content (AvgIpc) is 2.98. The highest BCUT2D eigenvalue weighted by Gasteiger charge is 2.26. The molecule has 1 aromatic heterocycles. The average molecular weight is 432 g/mol. The van der Waals surface area contributed by atoms with Crippen molar-refractivity contribution in [1.82, 2.24) is 14.9 Å². The molecule has 4 rings (SSSR count). The molecule has 0 fully saturated rings. The third kappa shape index (κ3) is 4.54. The molecule has 3 aromatic rings. The third-order valence-electron chi connectivity index (χ3n) is 5.28. The second-order valence-corrected chi connectivity index (χ2v) is 7.36. The normalized spacial score (nSPS) is 13.2. The lowest BCUT2D eigenvalue weighted by Gasteiger charge is -2.20. The van der Waals surface area contributed by atoms with Gasteiger partial charge in [0.05, 0.1) is 31.2 Å². The van der Waals surface area contributed by atoms with Gasteiger partial charge in [0.15, 0.2) is 5.82 Å². The number of methoxy groups -OCH3 is 2. The molecule has 2 heterocycles. The highest BCUT2D eigenvalue weighted by atomic mass is 16.5. The molecule has 1 aliphatic rings. The van der Waals surface area contributed by atoms with Gasteiger partial charge in [0.1, 0.15) is 18.0 Å². The van der Waals surface area contributed by atoms with Gasteiger partial charge >= 0.3 is 0 Å². The van der Waals surface area contributed by atoms with Gasteiger partial charge in [0.2, 0.25) is 5.91 Å². The molecule has 1 aliphatic heterocycles. The van der Waals surface area contributed by atoms with Crippen LogP contribution in [0.3, 0.4) is 0 Å². The van der Waals surface area contributed by atoms with Crippen LogP contribution in [0.15, 0.2) is 54.7 Å². The Hall–Kier alpha value is -3.94. The molecule has 0 aliphatic carbocycles. The molecule has 2 amide bonds. The van der Waals surface area contributed by atoms with Gasteiger partial charge in [-0.15, -0.1) is 0 Å². The van der Waals surface area contributed by atoms with Crippen LogP contribution in [0.5, 0.6) is 11.5 Å². The Kier molecular flexibility index (Phi) is 6.30. The Morgan fingerprint density at radius 3 is 2.69 bits per heavy atom. The van der Waals surface area contributed by atoms with Gasteiger partial charge < -0.3 is 19.7 Å². The first-order chi connectivity index (χ1) is 15.6. The van der Waals surface area contributed by atoms with Gasteiger partial charge in [-0.05, 0) is 25.0 Å². The summed E-state index contributed by atoms with van der Waals surface area (Å²) in [5.74, 6) is 1.14. The molecule has 0 bridgehead atoms. The maximum Gasteiger partial charge on any atom is 0.257 e. The standard InChI is InChI=1S/C24H24N4O4/c1-31-17-10-11-20(21(13-17)32-2)26-22(29)15-28-12-6-9-19-18(24(28)30)14-25-23(27-19)16-7-4-3-5-8-16/h3-5,7-8,10-11,13-14H,6,9,12,15H2,1-2H3,(H,26,29). The predicted molar refractivity (Wildman–Crippen MR) is 120 cm³/mol. The van der Waals surface area contributed by atoms with Crippen LogP contribution in [-0.2, 0) is 11.2 Å². The van der Waals surface area contributed by atoms with Crippen LogP contribution in [0.2, 0.25) is 0 Å². The van der Waals surface area contributed by atoms with Gasteiger partial charge in [0.25, 0.3) is 5.91 Å². The first-order valence-electron chi connectivity index (χ1n) is 10.3. The minimum Gasteiger partial charge on any atom is -0.497 e. The highest BCUT2D eigenvalue weighted by Crippen LogP contribution is 2.29. The van der Waals surface area contributed by atoms with Gasteiger partial charge in [-0.2, -0.15) is 0 Å². The number of carbonyl (C=O) groups excluding carboxylic acids is 2. The monoisotopic (exact) mass is 432 g/mol. The SMILES string of the molecule is COc1ccc(NC(=O)CN2CCCc3nc(-c4ccccc4)ncc3C2=O)c(OC)c1. The van der Waals surface area contributed by atoms with Gasteiger partial charge in [-0.25, -0.2) is 9.97 Å². The van der Waals surface area contributed by atoms with Crippen molar-refractivity contribution in [3.63, 3.8) is 0 Å². The Morgan fingerprint density at radius 1 is 1.12 bits per heavy atom. The van der Waals surface area contributed by atoms with Crippen LogP contribution in [0.25, 0.3) is 11.4 Å². The van der Waals surface area contributed by atoms with Crippen molar-refractivity contribution < 1.29 is 19.1 Å². The molecule has 8 nitrogen and oxygen atoms in total.